The van der Waals surface area contributed by atoms with Crippen LogP contribution < -0.4 is 0 Å². The molecule has 0 amide bonds. The van der Waals surface area contributed by atoms with Crippen molar-refractivity contribution in [1.29, 1.82) is 0 Å². The molecule has 0 aromatic carbocycles. The average molecular weight is 561 g/mol. The number of rotatable bonds is 2. The van der Waals surface area contributed by atoms with E-state index in [0.717, 1.165) is 25.9 Å². The maximum Gasteiger partial charge on any atom is 2.00 e. The van der Waals surface area contributed by atoms with Gasteiger partial charge in [-0.2, -0.15) is 6.20 Å². The van der Waals surface area contributed by atoms with Crippen LogP contribution >= 0.6 is 0 Å². The Bertz CT molecular complexity index is 343. The fraction of sp³-hybridized carbons (Fsp3) is 0.583. The molecule has 0 aliphatic carbocycles. The Morgan fingerprint density at radius 1 is 1.16 bits per heavy atom. The van der Waals surface area contributed by atoms with Crippen molar-refractivity contribution in [2.75, 3.05) is 19.6 Å². The van der Waals surface area contributed by atoms with Gasteiger partial charge in [0, 0.05) is 40.1 Å². The van der Waals surface area contributed by atoms with E-state index >= 15 is 0 Å². The van der Waals surface area contributed by atoms with E-state index in [1.807, 2.05) is 0 Å². The van der Waals surface area contributed by atoms with E-state index in [2.05, 4.69) is 10.6 Å². The fourth-order valence-corrected chi connectivity index (χ4v) is 1.64. The molecule has 1 fully saturated rings. The molecule has 0 bridgehead atoms. The molecule has 3 radical (unpaired) electrons. The Hall–Kier alpha value is 0.588. The summed E-state index contributed by atoms with van der Waals surface area (Å²) in [5.74, 6) is -0.816. The van der Waals surface area contributed by atoms with Gasteiger partial charge in [-0.05, 0) is 0 Å². The number of hydrogen-bond donors (Lipinski definition) is 3. The molecule has 0 spiro atoms. The van der Waals surface area contributed by atoms with Crippen LogP contribution in [-0.4, -0.2) is 58.2 Å². The average Bonchev–Trinajstić information content (AvgIpc) is 2.41. The number of carboxylic acids is 1. The van der Waals surface area contributed by atoms with Crippen molar-refractivity contribution in [3.05, 3.63) is 40.7 Å². The summed E-state index contributed by atoms with van der Waals surface area (Å²) >= 11 is 0. The van der Waals surface area contributed by atoms with Gasteiger partial charge in [-0.15, -0.1) is 19.6 Å². The molecule has 1 saturated heterocycles. The second kappa shape index (κ2) is 26.8. The van der Waals surface area contributed by atoms with Crippen LogP contribution in [0.4, 0.5) is 0 Å². The molecule has 0 saturated carbocycles. The molecule has 2 aliphatic heterocycles. The monoisotopic (exact) mass is 558 g/mol. The van der Waals surface area contributed by atoms with Crippen molar-refractivity contribution in [2.24, 2.45) is 5.92 Å². The molecule has 0 aromatic heterocycles. The molecule has 167 valence electrons. The standard InChI is InChI=1S/C6H12NO2.C6H6NO2.4Cu.H2N.2H2O/c2*8-6(9)5-1-3-7-4-2-5;;;;;;;/h5-6,8-9H,1-4H2;1-3H,4H2,(H,8,9);;;;;3*1H2/q2*-1;;;+1;+2;-1;;. The quantitative estimate of drug-likeness (QED) is 0.316. The zero-order valence-corrected chi connectivity index (χ0v) is 16.6. The van der Waals surface area contributed by atoms with Gasteiger partial charge in [0.25, 0.3) is 0 Å². The van der Waals surface area contributed by atoms with Crippen molar-refractivity contribution in [3.63, 3.8) is 0 Å². The molecule has 0 atom stereocenters. The van der Waals surface area contributed by atoms with Gasteiger partial charge in [0.05, 0.1) is 5.57 Å². The number of aliphatic hydroxyl groups is 2. The molecule has 2 rings (SSSR count). The van der Waals surface area contributed by atoms with Crippen LogP contribution in [0.1, 0.15) is 12.8 Å². The Morgan fingerprint density at radius 2 is 1.64 bits per heavy atom. The molecule has 25 heavy (non-hydrogen) atoms. The summed E-state index contributed by atoms with van der Waals surface area (Å²) in [6.45, 7) is 2.07. The van der Waals surface area contributed by atoms with Crippen LogP contribution in [-0.2, 0) is 73.1 Å². The third-order valence-electron chi connectivity index (χ3n) is 2.76. The first kappa shape index (κ1) is 44.8. The van der Waals surface area contributed by atoms with E-state index in [1.54, 1.807) is 6.08 Å². The van der Waals surface area contributed by atoms with Crippen LogP contribution in [0.15, 0.2) is 23.9 Å². The summed E-state index contributed by atoms with van der Waals surface area (Å²) in [4.78, 5) is 10.2. The van der Waals surface area contributed by atoms with Crippen LogP contribution in [0.3, 0.4) is 0 Å². The second-order valence-corrected chi connectivity index (χ2v) is 4.07. The van der Waals surface area contributed by atoms with Crippen LogP contribution in [0, 0.1) is 5.92 Å². The zero-order chi connectivity index (χ0) is 13.4. The predicted octanol–water partition coefficient (Wildman–Crippen LogP) is 0.0369. The fourth-order valence-electron chi connectivity index (χ4n) is 1.64. The van der Waals surface area contributed by atoms with Gasteiger partial charge < -0.3 is 43.1 Å². The Balaban J connectivity index is -0.0000000405. The van der Waals surface area contributed by atoms with Gasteiger partial charge >= 0.3 is 40.1 Å². The summed E-state index contributed by atoms with van der Waals surface area (Å²) in [6, 6.07) is 0. The van der Waals surface area contributed by atoms with Crippen LogP contribution in [0.25, 0.3) is 16.8 Å². The van der Waals surface area contributed by atoms with Gasteiger partial charge in [0.1, 0.15) is 0 Å². The summed E-state index contributed by atoms with van der Waals surface area (Å²) in [5.41, 5.74) is 0.324. The van der Waals surface area contributed by atoms with Crippen molar-refractivity contribution in [2.45, 2.75) is 19.1 Å². The number of carbonyl (C=O) groups is 1. The zero-order valence-electron chi connectivity index (χ0n) is 12.8. The van der Waals surface area contributed by atoms with E-state index in [9.17, 15) is 4.79 Å². The Kier molecular flexibility index (Phi) is 48.0. The molecule has 13 heteroatoms. The predicted molar refractivity (Wildman–Crippen MR) is 79.6 cm³/mol. The van der Waals surface area contributed by atoms with Gasteiger partial charge in [-0.1, -0.05) is 25.0 Å². The number of aliphatic carboxylic acids is 1. The van der Waals surface area contributed by atoms with Crippen molar-refractivity contribution >= 4 is 5.97 Å². The molecule has 0 aromatic rings. The number of nitrogens with zero attached hydrogens (tertiary/aromatic N) is 2. The minimum absolute atomic E-state index is 0. The second-order valence-electron chi connectivity index (χ2n) is 4.07. The first-order valence-electron chi connectivity index (χ1n) is 5.87. The number of carboxylic acid groups (broad SMARTS) is 1. The first-order chi connectivity index (χ1) is 8.61. The van der Waals surface area contributed by atoms with Crippen LogP contribution in [0.2, 0.25) is 0 Å². The number of aliphatic hydroxyl groups excluding tert-OH is 1. The number of hydrogen-bond acceptors (Lipinski definition) is 3. The van der Waals surface area contributed by atoms with Crippen molar-refractivity contribution < 1.29 is 99.3 Å². The third kappa shape index (κ3) is 20.8. The van der Waals surface area contributed by atoms with Crippen molar-refractivity contribution in [3.8, 4) is 0 Å². The number of nitrogens with two attached hydrogens (primary N) is 1. The minimum Gasteiger partial charge on any atom is -0.693 e. The molecular formula is C12H24Cu4N3O6. The number of piperidine rings is 1. The summed E-state index contributed by atoms with van der Waals surface area (Å²) in [5, 5.41) is 33.6. The van der Waals surface area contributed by atoms with Gasteiger partial charge in [-0.25, -0.2) is 4.79 Å². The summed E-state index contributed by atoms with van der Waals surface area (Å²) in [6.07, 6.45) is 5.09. The van der Waals surface area contributed by atoms with Gasteiger partial charge in [-0.3, -0.25) is 0 Å². The Labute approximate surface area is 189 Å². The third-order valence-corrected chi connectivity index (χ3v) is 2.76. The molecule has 9 nitrogen and oxygen atoms in total. The van der Waals surface area contributed by atoms with E-state index in [0.29, 0.717) is 12.1 Å². The topological polar surface area (TPSA) is 202 Å². The largest absolute Gasteiger partial charge is 2.00 e. The molecule has 2 heterocycles. The normalized spacial score (nSPS) is 14.1. The Morgan fingerprint density at radius 3 is 1.88 bits per heavy atom. The van der Waals surface area contributed by atoms with Gasteiger partial charge in [0.2, 0.25) is 0 Å². The van der Waals surface area contributed by atoms with E-state index in [-0.39, 0.29) is 91.3 Å². The van der Waals surface area contributed by atoms with Crippen molar-refractivity contribution in [1.82, 2.24) is 0 Å². The first-order valence-corrected chi connectivity index (χ1v) is 5.87. The maximum atomic E-state index is 10.2. The van der Waals surface area contributed by atoms with E-state index in [4.69, 9.17) is 15.3 Å². The van der Waals surface area contributed by atoms with Gasteiger partial charge in [0.15, 0.2) is 6.29 Å². The smallest absolute Gasteiger partial charge is 0.693 e. The molecule has 9 N–H and O–H groups in total. The van der Waals surface area contributed by atoms with Crippen LogP contribution in [0.5, 0.6) is 0 Å². The molecule has 0 unspecified atom stereocenters. The maximum absolute atomic E-state index is 10.2. The SMILES string of the molecule is O.O.O=C(O)C1=CC[N-]C=C1.OC(O)C1CC[N-]CC1.[Cu+2].[Cu+].[Cu].[Cu].[NH2-]. The van der Waals surface area contributed by atoms with E-state index < -0.39 is 12.3 Å². The van der Waals surface area contributed by atoms with E-state index in [1.165, 1.54) is 12.3 Å². The molecule has 2 aliphatic rings. The minimum atomic E-state index is -1.12. The molecular weight excluding hydrogens is 536 g/mol. The summed E-state index contributed by atoms with van der Waals surface area (Å²) < 4.78 is 0. The summed E-state index contributed by atoms with van der Waals surface area (Å²) in [7, 11) is 0.